The maximum absolute atomic E-state index is 13.8. The lowest BCUT2D eigenvalue weighted by Gasteiger charge is -2.49. The van der Waals surface area contributed by atoms with Crippen LogP contribution in [0.25, 0.3) is 6.08 Å². The molecule has 4 aromatic carbocycles. The molecule has 1 amide bonds. The van der Waals surface area contributed by atoms with Gasteiger partial charge in [-0.2, -0.15) is 5.10 Å². The summed E-state index contributed by atoms with van der Waals surface area (Å²) in [6.07, 6.45) is 2.53. The molecule has 0 N–H and O–H groups in total. The Kier molecular flexibility index (Phi) is 5.82. The number of halogens is 2. The minimum Gasteiger partial charge on any atom is -0.443 e. The molecule has 0 aliphatic carbocycles. The molecule has 192 valence electrons. The lowest BCUT2D eigenvalue weighted by Crippen LogP contribution is -2.63. The molecule has 0 aromatic heterocycles. The van der Waals surface area contributed by atoms with Gasteiger partial charge in [-0.15, -0.1) is 0 Å². The van der Waals surface area contributed by atoms with Gasteiger partial charge >= 0.3 is 5.85 Å². The highest BCUT2D eigenvalue weighted by Crippen LogP contribution is 2.57. The van der Waals surface area contributed by atoms with E-state index >= 15 is 0 Å². The van der Waals surface area contributed by atoms with E-state index in [4.69, 9.17) is 9.84 Å². The van der Waals surface area contributed by atoms with Crippen LogP contribution >= 0.6 is 27.7 Å². The molecule has 1 saturated heterocycles. The van der Waals surface area contributed by atoms with Crippen LogP contribution in [0.2, 0.25) is 0 Å². The fourth-order valence-corrected chi connectivity index (χ4v) is 6.79. The van der Waals surface area contributed by atoms with E-state index in [1.165, 1.54) is 12.1 Å². The molecule has 1 spiro atoms. The zero-order valence-corrected chi connectivity index (χ0v) is 22.9. The molecule has 0 bridgehead atoms. The monoisotopic (exact) mass is 597 g/mol. The molecule has 8 heteroatoms. The average Bonchev–Trinajstić information content (AvgIpc) is 3.52. The standard InChI is InChI=1S/C31H21BrFN3O2S/c32-22-13-16-28-25(18-22)27-19-26(21-7-3-1-4-8-21)34-36(27)31(38-28)29(17-20-11-14-23(33)15-12-20)39-30(37)35(31)24-9-5-2-6-10-24/h1-18,27H,19H2/b29-17-. The van der Waals surface area contributed by atoms with Crippen molar-refractivity contribution in [1.29, 1.82) is 0 Å². The Morgan fingerprint density at radius 1 is 0.974 bits per heavy atom. The van der Waals surface area contributed by atoms with Crippen molar-refractivity contribution in [3.05, 3.63) is 135 Å². The van der Waals surface area contributed by atoms with E-state index in [0.717, 1.165) is 38.6 Å². The number of amides is 1. The fraction of sp³-hybridized carbons (Fsp3) is 0.0968. The molecule has 2 unspecified atom stereocenters. The smallest absolute Gasteiger partial charge is 0.321 e. The highest BCUT2D eigenvalue weighted by molar-refractivity contribution is 9.10. The minimum atomic E-state index is -1.38. The molecule has 0 radical (unpaired) electrons. The highest BCUT2D eigenvalue weighted by Gasteiger charge is 2.63. The Hall–Kier alpha value is -3.88. The summed E-state index contributed by atoms with van der Waals surface area (Å²) in [6, 6.07) is 31.5. The average molecular weight is 598 g/mol. The van der Waals surface area contributed by atoms with Crippen molar-refractivity contribution in [3.8, 4) is 5.75 Å². The van der Waals surface area contributed by atoms with E-state index in [-0.39, 0.29) is 17.1 Å². The van der Waals surface area contributed by atoms with Crippen LogP contribution < -0.4 is 9.64 Å². The zero-order chi connectivity index (χ0) is 26.6. The Bertz CT molecular complexity index is 1650. The van der Waals surface area contributed by atoms with Gasteiger partial charge in [-0.05, 0) is 71.4 Å². The predicted octanol–water partition coefficient (Wildman–Crippen LogP) is 8.20. The molecule has 3 aliphatic heterocycles. The normalized spacial score (nSPS) is 22.6. The number of hydrogen-bond donors (Lipinski definition) is 0. The Labute approximate surface area is 237 Å². The van der Waals surface area contributed by atoms with Crippen LogP contribution in [0.15, 0.2) is 118 Å². The molecular formula is C31H21BrFN3O2S. The van der Waals surface area contributed by atoms with Crippen molar-refractivity contribution >= 4 is 50.4 Å². The first-order valence-corrected chi connectivity index (χ1v) is 14.1. The summed E-state index contributed by atoms with van der Waals surface area (Å²) in [6.45, 7) is 0. The number of anilines is 1. The van der Waals surface area contributed by atoms with Crippen LogP contribution in [0.3, 0.4) is 0 Å². The molecule has 5 nitrogen and oxygen atoms in total. The topological polar surface area (TPSA) is 45.1 Å². The molecule has 7 rings (SSSR count). The Balaban J connectivity index is 1.49. The molecule has 1 fully saturated rings. The summed E-state index contributed by atoms with van der Waals surface area (Å²) < 4.78 is 21.6. The lowest BCUT2D eigenvalue weighted by molar-refractivity contribution is -0.0763. The van der Waals surface area contributed by atoms with Gasteiger partial charge < -0.3 is 4.74 Å². The Morgan fingerprint density at radius 3 is 2.44 bits per heavy atom. The van der Waals surface area contributed by atoms with Crippen LogP contribution in [-0.2, 0) is 0 Å². The predicted molar refractivity (Wildman–Crippen MR) is 156 cm³/mol. The summed E-state index contributed by atoms with van der Waals surface area (Å²) in [4.78, 5) is 16.2. The first kappa shape index (κ1) is 24.2. The molecule has 3 aliphatic rings. The minimum absolute atomic E-state index is 0.183. The van der Waals surface area contributed by atoms with Crippen molar-refractivity contribution in [2.24, 2.45) is 5.10 Å². The van der Waals surface area contributed by atoms with E-state index in [0.29, 0.717) is 22.8 Å². The second kappa shape index (κ2) is 9.39. The largest absolute Gasteiger partial charge is 0.443 e. The summed E-state index contributed by atoms with van der Waals surface area (Å²) in [7, 11) is 0. The van der Waals surface area contributed by atoms with Gasteiger partial charge in [0.1, 0.15) is 11.6 Å². The molecule has 2 atom stereocenters. The number of ether oxygens (including phenoxy) is 1. The second-order valence-electron chi connectivity index (χ2n) is 9.47. The van der Waals surface area contributed by atoms with Gasteiger partial charge in [-0.3, -0.25) is 4.79 Å². The molecule has 0 saturated carbocycles. The third-order valence-corrected chi connectivity index (χ3v) is 8.55. The van der Waals surface area contributed by atoms with Gasteiger partial charge in [-0.25, -0.2) is 14.3 Å². The van der Waals surface area contributed by atoms with Crippen LogP contribution in [0.5, 0.6) is 5.75 Å². The molecule has 39 heavy (non-hydrogen) atoms. The van der Waals surface area contributed by atoms with E-state index in [1.807, 2.05) is 83.9 Å². The summed E-state index contributed by atoms with van der Waals surface area (Å²) >= 11 is 4.73. The number of thioether (sulfide) groups is 1. The van der Waals surface area contributed by atoms with Crippen LogP contribution in [0.4, 0.5) is 14.9 Å². The van der Waals surface area contributed by atoms with Crippen molar-refractivity contribution in [2.75, 3.05) is 4.90 Å². The molecule has 4 aromatic rings. The van der Waals surface area contributed by atoms with Crippen molar-refractivity contribution in [2.45, 2.75) is 18.3 Å². The number of nitrogens with zero attached hydrogens (tertiary/aromatic N) is 3. The summed E-state index contributed by atoms with van der Waals surface area (Å²) in [5.41, 5.74) is 4.37. The quantitative estimate of drug-likeness (QED) is 0.239. The second-order valence-corrected chi connectivity index (χ2v) is 11.4. The van der Waals surface area contributed by atoms with E-state index in [1.54, 1.807) is 17.0 Å². The van der Waals surface area contributed by atoms with E-state index < -0.39 is 5.85 Å². The van der Waals surface area contributed by atoms with Gasteiger partial charge in [0, 0.05) is 16.5 Å². The highest BCUT2D eigenvalue weighted by atomic mass is 79.9. The third-order valence-electron chi connectivity index (χ3n) is 7.10. The van der Waals surface area contributed by atoms with Crippen molar-refractivity contribution < 1.29 is 13.9 Å². The number of hydrogen-bond acceptors (Lipinski definition) is 5. The first-order valence-electron chi connectivity index (χ1n) is 12.5. The Morgan fingerprint density at radius 2 is 1.69 bits per heavy atom. The number of benzene rings is 4. The van der Waals surface area contributed by atoms with Crippen molar-refractivity contribution in [1.82, 2.24) is 5.01 Å². The molecule has 3 heterocycles. The van der Waals surface area contributed by atoms with Gasteiger partial charge in [0.05, 0.1) is 22.3 Å². The van der Waals surface area contributed by atoms with E-state index in [2.05, 4.69) is 22.0 Å². The maximum atomic E-state index is 13.8. The van der Waals surface area contributed by atoms with Gasteiger partial charge in [0.15, 0.2) is 0 Å². The number of para-hydroxylation sites is 1. The van der Waals surface area contributed by atoms with Crippen molar-refractivity contribution in [3.63, 3.8) is 0 Å². The van der Waals surface area contributed by atoms with Crippen LogP contribution in [-0.4, -0.2) is 21.8 Å². The lowest BCUT2D eigenvalue weighted by atomic mass is 9.95. The summed E-state index contributed by atoms with van der Waals surface area (Å²) in [5, 5.41) is 6.91. The number of rotatable bonds is 3. The van der Waals surface area contributed by atoms with Crippen LogP contribution in [0.1, 0.15) is 29.2 Å². The van der Waals surface area contributed by atoms with Gasteiger partial charge in [0.2, 0.25) is 0 Å². The SMILES string of the molecule is O=C1S/C(=C\c2ccc(F)cc2)C2(Oc3ccc(Br)cc3C3CC(c4ccccc4)=NN32)N1c1ccccc1. The first-order chi connectivity index (χ1) is 19.0. The fourth-order valence-electron chi connectivity index (χ4n) is 5.35. The number of carbonyl (C=O) groups excluding carboxylic acids is 1. The van der Waals surface area contributed by atoms with Gasteiger partial charge in [-0.1, -0.05) is 76.6 Å². The third kappa shape index (κ3) is 3.97. The van der Waals surface area contributed by atoms with Gasteiger partial charge in [0.25, 0.3) is 5.24 Å². The number of fused-ring (bicyclic) bond motifs is 4. The zero-order valence-electron chi connectivity index (χ0n) is 20.5. The summed E-state index contributed by atoms with van der Waals surface area (Å²) in [5.74, 6) is -1.01. The number of carbonyl (C=O) groups is 1. The maximum Gasteiger partial charge on any atom is 0.321 e. The van der Waals surface area contributed by atoms with Crippen LogP contribution in [0, 0.1) is 5.82 Å². The molecular weight excluding hydrogens is 577 g/mol. The number of hydrazone groups is 1. The van der Waals surface area contributed by atoms with E-state index in [9.17, 15) is 9.18 Å².